The Hall–Kier alpha value is -9.54. The molecule has 4 aromatic heterocycles. The van der Waals surface area contributed by atoms with Crippen LogP contribution in [0, 0.1) is 35.5 Å². The number of nitrogens with zero attached hydrogens (tertiary/aromatic N) is 6. The lowest BCUT2D eigenvalue weighted by molar-refractivity contribution is 0.228. The summed E-state index contributed by atoms with van der Waals surface area (Å²) in [4.78, 5) is 0. The Morgan fingerprint density at radius 3 is 1.26 bits per heavy atom. The molecule has 0 radical (unpaired) electrons. The SMILES string of the molecule is C1=CC2CC1CC2COc1cccc(-c2nnc(-c3cccc(-n4c5ccccc5c5ccccc54)c3)o2)c1.C=CC1CC(C=C)C(COc2cccc(-c3nnc(-c4cccc(-n5c6ccccc6c6ccccc65)c4)o3)c2)C1. The normalized spacial score (nSPS) is 19.2. The van der Waals surface area contributed by atoms with Gasteiger partial charge in [-0.15, -0.1) is 33.6 Å². The Kier molecular flexibility index (Phi) is 12.8. The number of hydrogen-bond acceptors (Lipinski definition) is 8. The summed E-state index contributed by atoms with van der Waals surface area (Å²) in [5.74, 6) is 7.02. The average Bonchev–Trinajstić information content (AvgIpc) is 4.47. The molecule has 0 amide bonds. The molecule has 10 heteroatoms. The van der Waals surface area contributed by atoms with Gasteiger partial charge in [0.25, 0.3) is 0 Å². The molecule has 12 aromatic rings. The zero-order valence-corrected chi connectivity index (χ0v) is 44.2. The van der Waals surface area contributed by atoms with Crippen molar-refractivity contribution in [3.8, 4) is 68.7 Å². The molecule has 392 valence electrons. The number of ether oxygens (including phenoxy) is 2. The predicted octanol–water partition coefficient (Wildman–Crippen LogP) is 17.0. The minimum Gasteiger partial charge on any atom is -0.493 e. The number of hydrogen-bond donors (Lipinski definition) is 0. The first-order valence-corrected chi connectivity index (χ1v) is 27.8. The van der Waals surface area contributed by atoms with Crippen LogP contribution < -0.4 is 9.47 Å². The number of rotatable bonds is 14. The van der Waals surface area contributed by atoms with E-state index >= 15 is 0 Å². The van der Waals surface area contributed by atoms with Gasteiger partial charge in [-0.1, -0.05) is 121 Å². The van der Waals surface area contributed by atoms with E-state index in [1.807, 2.05) is 72.8 Å². The van der Waals surface area contributed by atoms with Gasteiger partial charge in [-0.05, 0) is 158 Å². The minimum absolute atomic E-state index is 0.441. The monoisotopic (exact) mass is 1050 g/mol. The first kappa shape index (κ1) is 48.8. The third-order valence-corrected chi connectivity index (χ3v) is 16.6. The summed E-state index contributed by atoms with van der Waals surface area (Å²) < 4.78 is 29.4. The Bertz CT molecular complexity index is 4190. The first-order chi connectivity index (χ1) is 39.5. The molecule has 0 spiro atoms. The molecule has 2 bridgehead atoms. The molecule has 80 heavy (non-hydrogen) atoms. The lowest BCUT2D eigenvalue weighted by Crippen LogP contribution is -2.16. The highest BCUT2D eigenvalue weighted by atomic mass is 16.5. The minimum atomic E-state index is 0.441. The van der Waals surface area contributed by atoms with Crippen molar-refractivity contribution in [2.24, 2.45) is 35.5 Å². The molecule has 0 aliphatic heterocycles. The van der Waals surface area contributed by atoms with E-state index < -0.39 is 0 Å². The van der Waals surface area contributed by atoms with Crippen LogP contribution in [-0.4, -0.2) is 42.7 Å². The van der Waals surface area contributed by atoms with Gasteiger partial charge in [0.1, 0.15) is 11.5 Å². The molecular weight excluding hydrogens is 989 g/mol. The van der Waals surface area contributed by atoms with Gasteiger partial charge in [0, 0.05) is 55.2 Å². The number of allylic oxidation sites excluding steroid dienone is 4. The van der Waals surface area contributed by atoms with E-state index in [2.05, 4.69) is 188 Å². The van der Waals surface area contributed by atoms with Crippen molar-refractivity contribution in [2.45, 2.75) is 25.7 Å². The highest BCUT2D eigenvalue weighted by molar-refractivity contribution is 6.10. The fourth-order valence-electron chi connectivity index (χ4n) is 12.7. The first-order valence-electron chi connectivity index (χ1n) is 27.8. The smallest absolute Gasteiger partial charge is 0.248 e. The predicted molar refractivity (Wildman–Crippen MR) is 319 cm³/mol. The molecule has 2 fully saturated rings. The van der Waals surface area contributed by atoms with Gasteiger partial charge in [-0.25, -0.2) is 0 Å². The number of aromatic nitrogens is 6. The van der Waals surface area contributed by atoms with Crippen molar-refractivity contribution in [3.05, 3.63) is 232 Å². The molecule has 8 aromatic carbocycles. The molecule has 10 nitrogen and oxygen atoms in total. The molecule has 6 atom stereocenters. The number of fused-ring (bicyclic) bond motifs is 8. The molecule has 2 saturated carbocycles. The number of benzene rings is 8. The Labute approximate surface area is 464 Å². The largest absolute Gasteiger partial charge is 0.493 e. The third kappa shape index (κ3) is 9.26. The van der Waals surface area contributed by atoms with Crippen LogP contribution in [0.25, 0.3) is 101 Å². The van der Waals surface area contributed by atoms with Crippen LogP contribution in [0.5, 0.6) is 11.5 Å². The molecular formula is C70H58N6O4. The van der Waals surface area contributed by atoms with E-state index in [9.17, 15) is 0 Å². The second kappa shape index (κ2) is 21.0. The van der Waals surface area contributed by atoms with Gasteiger partial charge in [0.15, 0.2) is 0 Å². The molecule has 15 rings (SSSR count). The fraction of sp³-hybridized carbons (Fsp3) is 0.171. The van der Waals surface area contributed by atoms with E-state index in [0.29, 0.717) is 59.8 Å². The van der Waals surface area contributed by atoms with Gasteiger partial charge in [-0.2, -0.15) is 0 Å². The number of para-hydroxylation sites is 4. The van der Waals surface area contributed by atoms with Crippen molar-refractivity contribution in [1.82, 2.24) is 29.5 Å². The van der Waals surface area contributed by atoms with E-state index in [1.54, 1.807) is 0 Å². The van der Waals surface area contributed by atoms with Gasteiger partial charge in [-0.3, -0.25) is 0 Å². The molecule has 3 aliphatic carbocycles. The Morgan fingerprint density at radius 1 is 0.425 bits per heavy atom. The second-order valence-electron chi connectivity index (χ2n) is 21.5. The molecule has 0 saturated heterocycles. The van der Waals surface area contributed by atoms with Gasteiger partial charge >= 0.3 is 0 Å². The maximum absolute atomic E-state index is 6.22. The summed E-state index contributed by atoms with van der Waals surface area (Å²) >= 11 is 0. The Morgan fingerprint density at radius 2 is 0.850 bits per heavy atom. The van der Waals surface area contributed by atoms with E-state index in [-0.39, 0.29) is 0 Å². The summed E-state index contributed by atoms with van der Waals surface area (Å²) in [5, 5.41) is 22.5. The van der Waals surface area contributed by atoms with Crippen LogP contribution >= 0.6 is 0 Å². The second-order valence-corrected chi connectivity index (χ2v) is 21.5. The maximum atomic E-state index is 6.22. The lowest BCUT2D eigenvalue weighted by atomic mass is 9.95. The summed E-state index contributed by atoms with van der Waals surface area (Å²) in [6.45, 7) is 9.40. The zero-order chi connectivity index (χ0) is 53.5. The fourth-order valence-corrected chi connectivity index (χ4v) is 12.7. The van der Waals surface area contributed by atoms with E-state index in [1.165, 1.54) is 45.4 Å². The van der Waals surface area contributed by atoms with Crippen LogP contribution in [0.4, 0.5) is 0 Å². The molecule has 4 heterocycles. The van der Waals surface area contributed by atoms with Crippen LogP contribution in [-0.2, 0) is 0 Å². The third-order valence-electron chi connectivity index (χ3n) is 16.6. The van der Waals surface area contributed by atoms with Crippen LogP contribution in [0.2, 0.25) is 0 Å². The van der Waals surface area contributed by atoms with Crippen molar-refractivity contribution in [3.63, 3.8) is 0 Å². The van der Waals surface area contributed by atoms with Crippen LogP contribution in [0.15, 0.2) is 240 Å². The van der Waals surface area contributed by atoms with Crippen LogP contribution in [0.3, 0.4) is 0 Å². The maximum Gasteiger partial charge on any atom is 0.248 e. The standard InChI is InChI=1S/C36H31N3O2.C34H27N3O2/c1-3-24-19-25(4-2)28(20-24)23-40-30-14-10-12-27(22-30)36-38-37-35(41-36)26-11-9-13-29(21-26)39-33-17-7-5-15-31(33)32-16-6-8-18-34(32)39;1-3-13-31-29(11-1)30-12-2-4-14-32(30)37(31)27-9-5-7-24(19-27)33-35-36-34(39-33)25-8-6-10-28(20-25)38-21-26-18-22-15-16-23(26)17-22/h3-18,21-22,24-25,28H,1-2,19-20,23H2;1-16,19-20,22-23,26H,17-18,21H2. The van der Waals surface area contributed by atoms with Gasteiger partial charge in [0.05, 0.1) is 35.3 Å². The van der Waals surface area contributed by atoms with Crippen molar-refractivity contribution < 1.29 is 18.3 Å². The Balaban J connectivity index is 0.000000144. The van der Waals surface area contributed by atoms with Crippen molar-refractivity contribution in [2.75, 3.05) is 13.2 Å². The van der Waals surface area contributed by atoms with Crippen LogP contribution in [0.1, 0.15) is 25.7 Å². The van der Waals surface area contributed by atoms with Gasteiger partial charge < -0.3 is 27.4 Å². The van der Waals surface area contributed by atoms with E-state index in [0.717, 1.165) is 81.5 Å². The highest BCUT2D eigenvalue weighted by Crippen LogP contribution is 2.44. The summed E-state index contributed by atoms with van der Waals surface area (Å²) in [6.07, 6.45) is 13.6. The quantitative estimate of drug-likeness (QED) is 0.0992. The molecule has 3 aliphatic rings. The highest BCUT2D eigenvalue weighted by Gasteiger charge is 2.36. The molecule has 6 unspecified atom stereocenters. The summed E-state index contributed by atoms with van der Waals surface area (Å²) in [5.41, 5.74) is 10.2. The topological polar surface area (TPSA) is 106 Å². The summed E-state index contributed by atoms with van der Waals surface area (Å²) in [6, 6.07) is 66.3. The van der Waals surface area contributed by atoms with Gasteiger partial charge in [0.2, 0.25) is 23.6 Å². The lowest BCUT2D eigenvalue weighted by Gasteiger charge is -2.18. The van der Waals surface area contributed by atoms with Crippen molar-refractivity contribution in [1.29, 1.82) is 0 Å². The summed E-state index contributed by atoms with van der Waals surface area (Å²) in [7, 11) is 0. The average molecular weight is 1050 g/mol. The van der Waals surface area contributed by atoms with Crippen molar-refractivity contribution >= 4 is 43.6 Å². The zero-order valence-electron chi connectivity index (χ0n) is 44.2. The molecule has 0 N–H and O–H groups in total. The van der Waals surface area contributed by atoms with E-state index in [4.69, 9.17) is 18.3 Å².